The lowest BCUT2D eigenvalue weighted by Gasteiger charge is -2.23. The normalized spacial score (nSPS) is 12.9. The number of nitrogens with zero attached hydrogens (tertiary/aromatic N) is 3. The van der Waals surface area contributed by atoms with Crippen LogP contribution in [0.2, 0.25) is 0 Å². The standard InChI is InChI=1S/C29H35N7O4/c1-29(2,30)28(39)33-23(14-19-15-31-22-9-7-6-8-21(19)22)26(37)34-24-16-36(17-32-24)25(27(38)35(3)4)18-10-12-20(40-5)13-11-18/h6-13,15-17,23,25,31H,14,30H2,1-5H3,(H,33,39)(H,34,37). The largest absolute Gasteiger partial charge is 0.497 e. The van der Waals surface area contributed by atoms with Gasteiger partial charge >= 0.3 is 0 Å². The van der Waals surface area contributed by atoms with Crippen molar-refractivity contribution >= 4 is 34.4 Å². The Morgan fingerprint density at radius 3 is 2.48 bits per heavy atom. The summed E-state index contributed by atoms with van der Waals surface area (Å²) in [6.07, 6.45) is 5.13. The highest BCUT2D eigenvalue weighted by Gasteiger charge is 2.30. The zero-order chi connectivity index (χ0) is 29.0. The number of ether oxygens (including phenoxy) is 1. The Morgan fingerprint density at radius 1 is 1.12 bits per heavy atom. The van der Waals surface area contributed by atoms with Gasteiger partial charge in [-0.15, -0.1) is 0 Å². The van der Waals surface area contributed by atoms with Crippen molar-refractivity contribution < 1.29 is 19.1 Å². The fraction of sp³-hybridized carbons (Fsp3) is 0.310. The maximum absolute atomic E-state index is 13.5. The number of hydrogen-bond acceptors (Lipinski definition) is 6. The van der Waals surface area contributed by atoms with Gasteiger partial charge in [-0.3, -0.25) is 14.4 Å². The molecule has 0 saturated heterocycles. The Bertz CT molecular complexity index is 1500. The summed E-state index contributed by atoms with van der Waals surface area (Å²) in [5.41, 5.74) is 7.34. The van der Waals surface area contributed by atoms with Crippen LogP contribution in [-0.2, 0) is 20.8 Å². The summed E-state index contributed by atoms with van der Waals surface area (Å²) in [6.45, 7) is 3.15. The number of hydrogen-bond donors (Lipinski definition) is 4. The van der Waals surface area contributed by atoms with Crippen molar-refractivity contribution in [2.45, 2.75) is 37.9 Å². The topological polar surface area (TPSA) is 147 Å². The van der Waals surface area contributed by atoms with E-state index in [-0.39, 0.29) is 18.1 Å². The molecule has 11 heteroatoms. The number of carbonyl (C=O) groups is 3. The zero-order valence-corrected chi connectivity index (χ0v) is 23.3. The molecule has 4 rings (SSSR count). The van der Waals surface area contributed by atoms with Crippen LogP contribution >= 0.6 is 0 Å². The molecule has 0 aliphatic heterocycles. The molecule has 2 heterocycles. The molecular weight excluding hydrogens is 510 g/mol. The molecule has 2 aromatic heterocycles. The van der Waals surface area contributed by atoms with Gasteiger partial charge in [0.1, 0.15) is 17.8 Å². The van der Waals surface area contributed by atoms with Crippen molar-refractivity contribution in [1.82, 2.24) is 24.8 Å². The number of anilines is 1. The number of rotatable bonds is 10. The molecule has 4 aromatic rings. The lowest BCUT2D eigenvalue weighted by molar-refractivity contribution is -0.131. The minimum absolute atomic E-state index is 0.171. The molecule has 5 N–H and O–H groups in total. The van der Waals surface area contributed by atoms with Crippen molar-refractivity contribution in [3.63, 3.8) is 0 Å². The second kappa shape index (κ2) is 11.6. The molecule has 40 heavy (non-hydrogen) atoms. The van der Waals surface area contributed by atoms with Crippen LogP contribution in [0, 0.1) is 0 Å². The quantitative estimate of drug-likeness (QED) is 0.241. The molecule has 0 spiro atoms. The summed E-state index contributed by atoms with van der Waals surface area (Å²) in [6, 6.07) is 13.3. The third-order valence-electron chi connectivity index (χ3n) is 6.56. The highest BCUT2D eigenvalue weighted by atomic mass is 16.5. The van der Waals surface area contributed by atoms with E-state index in [0.29, 0.717) is 5.75 Å². The molecule has 0 saturated carbocycles. The summed E-state index contributed by atoms with van der Waals surface area (Å²) in [5.74, 6) is -0.195. The molecular formula is C29H35N7O4. The lowest BCUT2D eigenvalue weighted by atomic mass is 10.0. The predicted molar refractivity (Wildman–Crippen MR) is 153 cm³/mol. The first kappa shape index (κ1) is 28.4. The van der Waals surface area contributed by atoms with Gasteiger partial charge in [0.2, 0.25) is 17.7 Å². The van der Waals surface area contributed by atoms with Gasteiger partial charge in [-0.2, -0.15) is 0 Å². The van der Waals surface area contributed by atoms with Crippen LogP contribution in [0.25, 0.3) is 10.9 Å². The number of methoxy groups -OCH3 is 1. The van der Waals surface area contributed by atoms with Crippen molar-refractivity contribution in [2.24, 2.45) is 5.73 Å². The van der Waals surface area contributed by atoms with E-state index >= 15 is 0 Å². The monoisotopic (exact) mass is 545 g/mol. The molecule has 0 fully saturated rings. The first-order valence-electron chi connectivity index (χ1n) is 12.8. The van der Waals surface area contributed by atoms with Crippen molar-refractivity contribution in [2.75, 3.05) is 26.5 Å². The van der Waals surface area contributed by atoms with Gasteiger partial charge in [0.15, 0.2) is 5.82 Å². The molecule has 0 bridgehead atoms. The molecule has 2 unspecified atom stereocenters. The molecule has 11 nitrogen and oxygen atoms in total. The number of H-pyrrole nitrogens is 1. The lowest BCUT2D eigenvalue weighted by Crippen LogP contribution is -2.55. The summed E-state index contributed by atoms with van der Waals surface area (Å²) < 4.78 is 6.88. The van der Waals surface area contributed by atoms with Crippen LogP contribution in [0.3, 0.4) is 0 Å². The number of fused-ring (bicyclic) bond motifs is 1. The van der Waals surface area contributed by atoms with Gasteiger partial charge in [-0.25, -0.2) is 4.98 Å². The van der Waals surface area contributed by atoms with E-state index in [1.807, 2.05) is 42.6 Å². The number of amides is 3. The van der Waals surface area contributed by atoms with Crippen molar-refractivity contribution in [1.29, 1.82) is 0 Å². The molecule has 210 valence electrons. The molecule has 0 aliphatic carbocycles. The third-order valence-corrected chi connectivity index (χ3v) is 6.56. The van der Waals surface area contributed by atoms with E-state index in [1.165, 1.54) is 11.2 Å². The molecule has 2 aromatic carbocycles. The zero-order valence-electron chi connectivity index (χ0n) is 23.3. The highest BCUT2D eigenvalue weighted by molar-refractivity contribution is 5.98. The highest BCUT2D eigenvalue weighted by Crippen LogP contribution is 2.25. The number of carbonyl (C=O) groups excluding carboxylic acids is 3. The predicted octanol–water partition coefficient (Wildman–Crippen LogP) is 2.45. The molecule has 2 atom stereocenters. The van der Waals surface area contributed by atoms with E-state index in [9.17, 15) is 14.4 Å². The van der Waals surface area contributed by atoms with Gasteiger partial charge in [0, 0.05) is 43.8 Å². The number of nitrogens with one attached hydrogen (secondary N) is 3. The second-order valence-corrected chi connectivity index (χ2v) is 10.4. The van der Waals surface area contributed by atoms with Crippen LogP contribution in [0.4, 0.5) is 5.82 Å². The van der Waals surface area contributed by atoms with Gasteiger partial charge in [-0.05, 0) is 43.2 Å². The Labute approximate surface area is 232 Å². The van der Waals surface area contributed by atoms with E-state index in [4.69, 9.17) is 10.5 Å². The SMILES string of the molecule is COc1ccc(C(C(=O)N(C)C)n2cnc(NC(=O)C(Cc3c[nH]c4ccccc34)NC(=O)C(C)(C)N)c2)cc1. The smallest absolute Gasteiger partial charge is 0.249 e. The van der Waals surface area contributed by atoms with Gasteiger partial charge in [-0.1, -0.05) is 30.3 Å². The van der Waals surface area contributed by atoms with Crippen LogP contribution < -0.4 is 21.1 Å². The van der Waals surface area contributed by atoms with Crippen LogP contribution in [-0.4, -0.2) is 69.9 Å². The molecule has 0 aliphatic rings. The van der Waals surface area contributed by atoms with Gasteiger partial charge in [0.05, 0.1) is 19.0 Å². The second-order valence-electron chi connectivity index (χ2n) is 10.4. The third kappa shape index (κ3) is 6.32. The number of imidazole rings is 1. The van der Waals surface area contributed by atoms with E-state index < -0.39 is 29.4 Å². The average Bonchev–Trinajstić information content (AvgIpc) is 3.55. The summed E-state index contributed by atoms with van der Waals surface area (Å²) in [5, 5.41) is 6.53. The minimum atomic E-state index is -1.18. The van der Waals surface area contributed by atoms with Gasteiger partial charge in [0.25, 0.3) is 0 Å². The maximum Gasteiger partial charge on any atom is 0.249 e. The number of likely N-dealkylation sites (N-methyl/N-ethyl adjacent to an activating group) is 1. The van der Waals surface area contributed by atoms with Crippen LogP contribution in [0.15, 0.2) is 67.3 Å². The Kier molecular flexibility index (Phi) is 8.24. The van der Waals surface area contributed by atoms with E-state index in [0.717, 1.165) is 22.0 Å². The van der Waals surface area contributed by atoms with Crippen LogP contribution in [0.5, 0.6) is 5.75 Å². The maximum atomic E-state index is 13.5. The molecule has 0 radical (unpaired) electrons. The van der Waals surface area contributed by atoms with Gasteiger partial charge < -0.3 is 35.6 Å². The minimum Gasteiger partial charge on any atom is -0.497 e. The van der Waals surface area contributed by atoms with Crippen molar-refractivity contribution in [3.8, 4) is 5.75 Å². The fourth-order valence-electron chi connectivity index (χ4n) is 4.30. The number of nitrogens with two attached hydrogens (primary N) is 1. The summed E-state index contributed by atoms with van der Waals surface area (Å²) >= 11 is 0. The van der Waals surface area contributed by atoms with E-state index in [2.05, 4.69) is 20.6 Å². The number of para-hydroxylation sites is 1. The summed E-state index contributed by atoms with van der Waals surface area (Å²) in [4.78, 5) is 48.4. The van der Waals surface area contributed by atoms with Crippen molar-refractivity contribution in [3.05, 3.63) is 78.4 Å². The Hall–Kier alpha value is -4.64. The average molecular weight is 546 g/mol. The number of aromatic amines is 1. The first-order valence-corrected chi connectivity index (χ1v) is 12.8. The van der Waals surface area contributed by atoms with Crippen LogP contribution in [0.1, 0.15) is 31.0 Å². The molecule has 3 amide bonds. The number of aromatic nitrogens is 3. The fourth-order valence-corrected chi connectivity index (χ4v) is 4.30. The number of benzene rings is 2. The summed E-state index contributed by atoms with van der Waals surface area (Å²) in [7, 11) is 4.93. The Balaban J connectivity index is 1.59. The first-order chi connectivity index (χ1) is 19.0. The van der Waals surface area contributed by atoms with E-state index in [1.54, 1.807) is 57.9 Å². The Morgan fingerprint density at radius 2 is 1.82 bits per heavy atom.